The summed E-state index contributed by atoms with van der Waals surface area (Å²) in [5.74, 6) is 0.477. The fourth-order valence-corrected chi connectivity index (χ4v) is 4.21. The summed E-state index contributed by atoms with van der Waals surface area (Å²) < 4.78 is 6.37. The van der Waals surface area contributed by atoms with Crippen molar-refractivity contribution in [3.8, 4) is 11.5 Å². The van der Waals surface area contributed by atoms with Crippen molar-refractivity contribution in [2.24, 2.45) is 0 Å². The highest BCUT2D eigenvalue weighted by molar-refractivity contribution is 6.32. The number of halogens is 1. The van der Waals surface area contributed by atoms with Crippen molar-refractivity contribution in [2.75, 3.05) is 0 Å². The maximum atomic E-state index is 11.9. The minimum absolute atomic E-state index is 0.264. The Hall–Kier alpha value is -3.30. The second-order valence-corrected chi connectivity index (χ2v) is 7.76. The van der Waals surface area contributed by atoms with Gasteiger partial charge in [0.1, 0.15) is 11.5 Å². The fraction of sp³-hybridized carbons (Fsp3) is 0.0800. The number of fused-ring (bicyclic) bond motifs is 4. The molecular formula is C25H17ClO3. The lowest BCUT2D eigenvalue weighted by Crippen LogP contribution is -2.24. The standard InChI is InChI=1S/C25H17ClO3/c1-14-6-10-19-22(12-14)29-24-20(11-8-15-7-9-16(26)13-21(15)24)23(19)17-4-2-3-5-18(17)25(27)28/h2-8,10-13H,9H2,1H3,(H,27,28). The molecule has 3 aromatic carbocycles. The van der Waals surface area contributed by atoms with E-state index in [1.54, 1.807) is 12.1 Å². The van der Waals surface area contributed by atoms with Gasteiger partial charge >= 0.3 is 5.97 Å². The molecule has 0 atom stereocenters. The van der Waals surface area contributed by atoms with E-state index in [0.717, 1.165) is 43.5 Å². The number of aromatic carboxylic acids is 1. The van der Waals surface area contributed by atoms with Gasteiger partial charge < -0.3 is 9.84 Å². The molecule has 0 fully saturated rings. The topological polar surface area (TPSA) is 46.5 Å². The zero-order valence-corrected chi connectivity index (χ0v) is 16.5. The summed E-state index contributed by atoms with van der Waals surface area (Å²) >= 11 is 6.32. The van der Waals surface area contributed by atoms with Crippen LogP contribution in [0, 0.1) is 6.92 Å². The highest BCUT2D eigenvalue weighted by atomic mass is 35.5. The molecule has 0 saturated heterocycles. The van der Waals surface area contributed by atoms with Crippen LogP contribution in [0.25, 0.3) is 17.7 Å². The number of hydrogen-bond donors (Lipinski definition) is 1. The van der Waals surface area contributed by atoms with Crippen LogP contribution in [-0.4, -0.2) is 11.1 Å². The minimum Gasteiger partial charge on any atom is -0.478 e. The molecule has 0 amide bonds. The highest BCUT2D eigenvalue weighted by Gasteiger charge is 2.25. The van der Waals surface area contributed by atoms with Gasteiger partial charge in [-0.05, 0) is 47.5 Å². The van der Waals surface area contributed by atoms with Gasteiger partial charge in [-0.2, -0.15) is 0 Å². The smallest absolute Gasteiger partial charge is 0.336 e. The van der Waals surface area contributed by atoms with E-state index in [9.17, 15) is 9.90 Å². The van der Waals surface area contributed by atoms with Crippen LogP contribution in [0.4, 0.5) is 0 Å². The van der Waals surface area contributed by atoms with Crippen molar-refractivity contribution in [3.63, 3.8) is 0 Å². The Bertz CT molecular complexity index is 1350. The van der Waals surface area contributed by atoms with Gasteiger partial charge in [-0.1, -0.05) is 54.1 Å². The number of rotatable bonds is 2. The van der Waals surface area contributed by atoms with Gasteiger partial charge in [0.15, 0.2) is 0 Å². The average Bonchev–Trinajstić information content (AvgIpc) is 2.72. The predicted octanol–water partition coefficient (Wildman–Crippen LogP) is 4.81. The van der Waals surface area contributed by atoms with Crippen molar-refractivity contribution >= 4 is 35.3 Å². The van der Waals surface area contributed by atoms with Crippen LogP contribution in [0.5, 0.6) is 11.5 Å². The van der Waals surface area contributed by atoms with Gasteiger partial charge in [-0.15, -0.1) is 0 Å². The van der Waals surface area contributed by atoms with Crippen LogP contribution in [-0.2, 0) is 0 Å². The Morgan fingerprint density at radius 1 is 1.07 bits per heavy atom. The summed E-state index contributed by atoms with van der Waals surface area (Å²) in [6.07, 6.45) is 4.72. The maximum Gasteiger partial charge on any atom is 0.336 e. The number of carboxylic acids is 1. The number of allylic oxidation sites excluding steroid dienone is 1. The Morgan fingerprint density at radius 3 is 2.72 bits per heavy atom. The van der Waals surface area contributed by atoms with Crippen molar-refractivity contribution in [2.45, 2.75) is 13.3 Å². The molecule has 142 valence electrons. The molecule has 0 saturated carbocycles. The number of benzene rings is 3. The Morgan fingerprint density at radius 2 is 1.90 bits per heavy atom. The van der Waals surface area contributed by atoms with Gasteiger partial charge in [0, 0.05) is 33.4 Å². The molecule has 3 nitrogen and oxygen atoms in total. The van der Waals surface area contributed by atoms with Crippen LogP contribution >= 0.6 is 11.6 Å². The molecule has 29 heavy (non-hydrogen) atoms. The van der Waals surface area contributed by atoms with Crippen LogP contribution in [0.2, 0.25) is 0 Å². The first-order valence-corrected chi connectivity index (χ1v) is 9.76. The second-order valence-electron chi connectivity index (χ2n) is 7.27. The van der Waals surface area contributed by atoms with Gasteiger partial charge in [-0.3, -0.25) is 0 Å². The molecular weight excluding hydrogens is 384 g/mol. The Kier molecular flexibility index (Phi) is 4.07. The SMILES string of the molecule is Cc1ccc2c(c1)Oc1c3c(ccc1=C2c1ccccc1C(=O)O)=CCC(Cl)=C3. The summed E-state index contributed by atoms with van der Waals surface area (Å²) in [6.45, 7) is 2.01. The summed E-state index contributed by atoms with van der Waals surface area (Å²) in [6, 6.07) is 17.1. The lowest BCUT2D eigenvalue weighted by Gasteiger charge is -2.24. The van der Waals surface area contributed by atoms with Crippen LogP contribution in [0.15, 0.2) is 59.6 Å². The van der Waals surface area contributed by atoms with E-state index < -0.39 is 5.97 Å². The van der Waals surface area contributed by atoms with Gasteiger partial charge in [0.25, 0.3) is 0 Å². The Balaban J connectivity index is 1.96. The third-order valence-corrected chi connectivity index (χ3v) is 5.63. The third-order valence-electron chi connectivity index (χ3n) is 5.36. The van der Waals surface area contributed by atoms with Crippen LogP contribution < -0.4 is 15.2 Å². The van der Waals surface area contributed by atoms with Crippen molar-refractivity contribution in [1.82, 2.24) is 0 Å². The first-order valence-electron chi connectivity index (χ1n) is 9.38. The average molecular weight is 401 g/mol. The number of carbonyl (C=O) groups is 1. The zero-order chi connectivity index (χ0) is 20.1. The lowest BCUT2D eigenvalue weighted by molar-refractivity contribution is 0.0696. The summed E-state index contributed by atoms with van der Waals surface area (Å²) in [5.41, 5.74) is 4.67. The molecule has 2 aliphatic rings. The molecule has 5 rings (SSSR count). The van der Waals surface area contributed by atoms with Crippen molar-refractivity contribution in [1.29, 1.82) is 0 Å². The van der Waals surface area contributed by atoms with E-state index >= 15 is 0 Å². The Labute approximate surface area is 172 Å². The molecule has 0 aromatic heterocycles. The van der Waals surface area contributed by atoms with Gasteiger partial charge in [-0.25, -0.2) is 4.79 Å². The van der Waals surface area contributed by atoms with E-state index in [1.165, 1.54) is 0 Å². The molecule has 4 heteroatoms. The van der Waals surface area contributed by atoms with E-state index in [-0.39, 0.29) is 5.56 Å². The number of hydrogen-bond acceptors (Lipinski definition) is 2. The first-order chi connectivity index (χ1) is 14.0. The van der Waals surface area contributed by atoms with E-state index in [0.29, 0.717) is 17.7 Å². The highest BCUT2D eigenvalue weighted by Crippen LogP contribution is 2.39. The number of aryl methyl sites for hydroxylation is 1. The molecule has 1 N–H and O–H groups in total. The molecule has 0 radical (unpaired) electrons. The van der Waals surface area contributed by atoms with Crippen molar-refractivity contribution < 1.29 is 14.6 Å². The molecule has 1 aliphatic heterocycles. The quantitative estimate of drug-likeness (QED) is 0.525. The van der Waals surface area contributed by atoms with Gasteiger partial charge in [0.05, 0.1) is 5.56 Å². The molecule has 0 bridgehead atoms. The summed E-state index contributed by atoms with van der Waals surface area (Å²) in [5, 5.41) is 12.5. The molecule has 1 heterocycles. The lowest BCUT2D eigenvalue weighted by atomic mass is 9.88. The third kappa shape index (κ3) is 2.86. The van der Waals surface area contributed by atoms with Crippen LogP contribution in [0.1, 0.15) is 39.0 Å². The largest absolute Gasteiger partial charge is 0.478 e. The number of carboxylic acid groups (broad SMARTS) is 1. The van der Waals surface area contributed by atoms with Gasteiger partial charge in [0.2, 0.25) is 0 Å². The summed E-state index contributed by atoms with van der Waals surface area (Å²) in [7, 11) is 0. The monoisotopic (exact) mass is 400 g/mol. The van der Waals surface area contributed by atoms with Crippen molar-refractivity contribution in [3.05, 3.63) is 97.9 Å². The van der Waals surface area contributed by atoms with E-state index in [2.05, 4.69) is 6.08 Å². The molecule has 0 spiro atoms. The first kappa shape index (κ1) is 17.8. The minimum atomic E-state index is -0.955. The predicted molar refractivity (Wildman–Crippen MR) is 115 cm³/mol. The summed E-state index contributed by atoms with van der Waals surface area (Å²) in [4.78, 5) is 11.9. The number of ether oxygens (including phenoxy) is 1. The second kappa shape index (κ2) is 6.64. The maximum absolute atomic E-state index is 11.9. The molecule has 1 aliphatic carbocycles. The van der Waals surface area contributed by atoms with E-state index in [4.69, 9.17) is 16.3 Å². The zero-order valence-electron chi connectivity index (χ0n) is 15.7. The fourth-order valence-electron chi connectivity index (χ4n) is 4.02. The normalized spacial score (nSPS) is 14.0. The van der Waals surface area contributed by atoms with E-state index in [1.807, 2.05) is 55.5 Å². The van der Waals surface area contributed by atoms with Crippen LogP contribution in [0.3, 0.4) is 0 Å². The molecule has 0 unspecified atom stereocenters. The molecule has 3 aromatic rings.